The van der Waals surface area contributed by atoms with Crippen LogP contribution in [-0.4, -0.2) is 10.9 Å². The van der Waals surface area contributed by atoms with Gasteiger partial charge in [0, 0.05) is 11.9 Å². The van der Waals surface area contributed by atoms with E-state index in [9.17, 15) is 4.79 Å². The molecule has 0 aliphatic heterocycles. The van der Waals surface area contributed by atoms with Crippen LogP contribution in [0.5, 0.6) is 0 Å². The van der Waals surface area contributed by atoms with E-state index in [0.29, 0.717) is 6.42 Å². The quantitative estimate of drug-likeness (QED) is 0.729. The molecule has 0 fully saturated rings. The molecule has 3 nitrogen and oxygen atoms in total. The second kappa shape index (κ2) is 4.77. The SMILES string of the molecule is Cc1cc(CC(N)=O)ccn1.S. The van der Waals surface area contributed by atoms with Crippen molar-refractivity contribution in [2.45, 2.75) is 13.3 Å². The van der Waals surface area contributed by atoms with Crippen molar-refractivity contribution in [3.8, 4) is 0 Å². The highest BCUT2D eigenvalue weighted by Crippen LogP contribution is 2.00. The largest absolute Gasteiger partial charge is 0.369 e. The summed E-state index contributed by atoms with van der Waals surface area (Å²) in [5.41, 5.74) is 6.84. The standard InChI is InChI=1S/C8H10N2O.H2S/c1-6-4-7(2-3-10-6)5-8(9)11;/h2-4H,5H2,1H3,(H2,9,11);1H2. The molecule has 0 aliphatic rings. The van der Waals surface area contributed by atoms with E-state index < -0.39 is 0 Å². The van der Waals surface area contributed by atoms with Crippen molar-refractivity contribution in [2.24, 2.45) is 5.73 Å². The summed E-state index contributed by atoms with van der Waals surface area (Å²) >= 11 is 0. The molecule has 66 valence electrons. The first-order valence-electron chi connectivity index (χ1n) is 3.38. The van der Waals surface area contributed by atoms with Gasteiger partial charge in [-0.2, -0.15) is 13.5 Å². The number of aromatic nitrogens is 1. The summed E-state index contributed by atoms with van der Waals surface area (Å²) in [4.78, 5) is 14.5. The molecule has 4 heteroatoms. The Morgan fingerprint density at radius 3 is 2.83 bits per heavy atom. The normalized spacial score (nSPS) is 8.75. The number of carbonyl (C=O) groups is 1. The van der Waals surface area contributed by atoms with Gasteiger partial charge in [-0.3, -0.25) is 9.78 Å². The summed E-state index contributed by atoms with van der Waals surface area (Å²) in [7, 11) is 0. The van der Waals surface area contributed by atoms with Crippen molar-refractivity contribution in [2.75, 3.05) is 0 Å². The summed E-state index contributed by atoms with van der Waals surface area (Å²) in [5, 5.41) is 0. The smallest absolute Gasteiger partial charge is 0.221 e. The molecule has 0 aliphatic carbocycles. The molecule has 0 radical (unpaired) electrons. The Labute approximate surface area is 78.4 Å². The molecule has 2 N–H and O–H groups in total. The lowest BCUT2D eigenvalue weighted by atomic mass is 10.2. The minimum absolute atomic E-state index is 0. The van der Waals surface area contributed by atoms with Gasteiger partial charge in [0.15, 0.2) is 0 Å². The van der Waals surface area contributed by atoms with Gasteiger partial charge in [-0.05, 0) is 24.6 Å². The first-order chi connectivity index (χ1) is 5.18. The van der Waals surface area contributed by atoms with Crippen LogP contribution in [0.1, 0.15) is 11.3 Å². The first-order valence-corrected chi connectivity index (χ1v) is 3.38. The number of amides is 1. The fourth-order valence-electron chi connectivity index (χ4n) is 0.915. The van der Waals surface area contributed by atoms with E-state index in [0.717, 1.165) is 11.3 Å². The third-order valence-electron chi connectivity index (χ3n) is 1.34. The first kappa shape index (κ1) is 11.0. The maximum Gasteiger partial charge on any atom is 0.221 e. The van der Waals surface area contributed by atoms with Gasteiger partial charge in [0.1, 0.15) is 0 Å². The van der Waals surface area contributed by atoms with Crippen molar-refractivity contribution in [1.29, 1.82) is 0 Å². The Morgan fingerprint density at radius 2 is 2.33 bits per heavy atom. The Morgan fingerprint density at radius 1 is 1.67 bits per heavy atom. The highest BCUT2D eigenvalue weighted by Gasteiger charge is 1.97. The van der Waals surface area contributed by atoms with Crippen LogP contribution in [0, 0.1) is 6.92 Å². The van der Waals surface area contributed by atoms with Crippen LogP contribution in [0.2, 0.25) is 0 Å². The Hall–Kier alpha value is -1.03. The lowest BCUT2D eigenvalue weighted by Crippen LogP contribution is -2.13. The van der Waals surface area contributed by atoms with Crippen LogP contribution in [0.15, 0.2) is 18.3 Å². The lowest BCUT2D eigenvalue weighted by Gasteiger charge is -1.96. The number of aryl methyl sites for hydroxylation is 1. The number of carbonyl (C=O) groups excluding carboxylic acids is 1. The number of nitrogens with two attached hydrogens (primary N) is 1. The van der Waals surface area contributed by atoms with Crippen LogP contribution < -0.4 is 5.73 Å². The molecule has 1 amide bonds. The molecular formula is C8H12N2OS. The van der Waals surface area contributed by atoms with Gasteiger partial charge in [-0.15, -0.1) is 0 Å². The van der Waals surface area contributed by atoms with Crippen molar-refractivity contribution in [3.63, 3.8) is 0 Å². The molecule has 0 unspecified atom stereocenters. The molecule has 0 saturated heterocycles. The minimum Gasteiger partial charge on any atom is -0.369 e. The Bertz CT molecular complexity index is 276. The molecular weight excluding hydrogens is 172 g/mol. The Kier molecular flexibility index (Phi) is 4.36. The van der Waals surface area contributed by atoms with Gasteiger partial charge in [0.05, 0.1) is 6.42 Å². The van der Waals surface area contributed by atoms with E-state index in [2.05, 4.69) is 4.98 Å². The third kappa shape index (κ3) is 3.39. The summed E-state index contributed by atoms with van der Waals surface area (Å²) in [6.07, 6.45) is 1.97. The van der Waals surface area contributed by atoms with E-state index in [-0.39, 0.29) is 19.4 Å². The predicted octanol–water partition coefficient (Wildman–Crippen LogP) is 0.531. The maximum absolute atomic E-state index is 10.5. The van der Waals surface area contributed by atoms with Crippen LogP contribution in [0.4, 0.5) is 0 Å². The molecule has 0 atom stereocenters. The minimum atomic E-state index is -0.310. The van der Waals surface area contributed by atoms with Crippen LogP contribution in [0.3, 0.4) is 0 Å². The molecule has 1 aromatic heterocycles. The van der Waals surface area contributed by atoms with Crippen molar-refractivity contribution >= 4 is 19.4 Å². The summed E-state index contributed by atoms with van der Waals surface area (Å²) in [5.74, 6) is -0.310. The number of primary amides is 1. The van der Waals surface area contributed by atoms with E-state index >= 15 is 0 Å². The highest BCUT2D eigenvalue weighted by atomic mass is 32.1. The van der Waals surface area contributed by atoms with E-state index in [1.54, 1.807) is 12.3 Å². The van der Waals surface area contributed by atoms with E-state index in [4.69, 9.17) is 5.73 Å². The molecule has 0 bridgehead atoms. The van der Waals surface area contributed by atoms with Crippen molar-refractivity contribution in [3.05, 3.63) is 29.6 Å². The molecule has 0 spiro atoms. The Balaban J connectivity index is 0.00000121. The van der Waals surface area contributed by atoms with Gasteiger partial charge in [0.2, 0.25) is 5.91 Å². The third-order valence-corrected chi connectivity index (χ3v) is 1.34. The fraction of sp³-hybridized carbons (Fsp3) is 0.250. The van der Waals surface area contributed by atoms with Gasteiger partial charge < -0.3 is 5.73 Å². The molecule has 0 saturated carbocycles. The summed E-state index contributed by atoms with van der Waals surface area (Å²) in [6, 6.07) is 3.64. The number of hydrogen-bond donors (Lipinski definition) is 1. The van der Waals surface area contributed by atoms with Gasteiger partial charge in [-0.25, -0.2) is 0 Å². The zero-order valence-corrected chi connectivity index (χ0v) is 7.87. The lowest BCUT2D eigenvalue weighted by molar-refractivity contribution is -0.117. The second-order valence-electron chi connectivity index (χ2n) is 2.45. The number of hydrogen-bond acceptors (Lipinski definition) is 2. The van der Waals surface area contributed by atoms with Crippen LogP contribution in [0.25, 0.3) is 0 Å². The average Bonchev–Trinajstić information content (AvgIpc) is 1.85. The number of nitrogens with zero attached hydrogens (tertiary/aromatic N) is 1. The summed E-state index contributed by atoms with van der Waals surface area (Å²) < 4.78 is 0. The number of pyridine rings is 1. The average molecular weight is 184 g/mol. The van der Waals surface area contributed by atoms with Gasteiger partial charge in [-0.1, -0.05) is 0 Å². The summed E-state index contributed by atoms with van der Waals surface area (Å²) in [6.45, 7) is 1.88. The number of rotatable bonds is 2. The van der Waals surface area contributed by atoms with Crippen molar-refractivity contribution in [1.82, 2.24) is 4.98 Å². The topological polar surface area (TPSA) is 56.0 Å². The second-order valence-corrected chi connectivity index (χ2v) is 2.45. The molecule has 12 heavy (non-hydrogen) atoms. The molecule has 1 aromatic rings. The van der Waals surface area contributed by atoms with Crippen LogP contribution in [-0.2, 0) is 11.2 Å². The van der Waals surface area contributed by atoms with Crippen molar-refractivity contribution < 1.29 is 4.79 Å². The highest BCUT2D eigenvalue weighted by molar-refractivity contribution is 7.59. The predicted molar refractivity (Wildman–Crippen MR) is 52.3 cm³/mol. The zero-order chi connectivity index (χ0) is 8.27. The molecule has 1 rings (SSSR count). The van der Waals surface area contributed by atoms with E-state index in [1.165, 1.54) is 0 Å². The van der Waals surface area contributed by atoms with Gasteiger partial charge in [0.25, 0.3) is 0 Å². The monoisotopic (exact) mass is 184 g/mol. The molecule has 0 aromatic carbocycles. The maximum atomic E-state index is 10.5. The zero-order valence-electron chi connectivity index (χ0n) is 6.87. The van der Waals surface area contributed by atoms with Crippen LogP contribution >= 0.6 is 13.5 Å². The van der Waals surface area contributed by atoms with E-state index in [1.807, 2.05) is 13.0 Å². The van der Waals surface area contributed by atoms with Gasteiger partial charge >= 0.3 is 0 Å². The molecule has 1 heterocycles. The fourth-order valence-corrected chi connectivity index (χ4v) is 0.915.